The molecule has 3 aromatic rings. The molecule has 3 rings (SSSR count). The third-order valence-electron chi connectivity index (χ3n) is 5.60. The predicted molar refractivity (Wildman–Crippen MR) is 136 cm³/mol. The second kappa shape index (κ2) is 12.8. The SMILES string of the molecule is CCCC/C(=C\c1nnc(-c2ccc(CNCCCP(=O)(O)O)cc2CC)o1)c1ccccc1. The second-order valence-corrected chi connectivity index (χ2v) is 10.1. The summed E-state index contributed by atoms with van der Waals surface area (Å²) in [4.78, 5) is 17.9. The first kappa shape index (κ1) is 26.0. The van der Waals surface area contributed by atoms with Crippen molar-refractivity contribution in [1.29, 1.82) is 0 Å². The Morgan fingerprint density at radius 3 is 2.59 bits per heavy atom. The lowest BCUT2D eigenvalue weighted by atomic mass is 10.00. The molecule has 0 spiro atoms. The first-order valence-electron chi connectivity index (χ1n) is 11.9. The molecule has 2 aromatic carbocycles. The number of benzene rings is 2. The maximum absolute atomic E-state index is 10.9. The van der Waals surface area contributed by atoms with Gasteiger partial charge in [0.05, 0.1) is 6.16 Å². The Bertz CT molecular complexity index is 1120. The van der Waals surface area contributed by atoms with Crippen LogP contribution in [0.2, 0.25) is 0 Å². The summed E-state index contributed by atoms with van der Waals surface area (Å²) in [5, 5.41) is 11.8. The van der Waals surface area contributed by atoms with Crippen molar-refractivity contribution < 1.29 is 18.8 Å². The zero-order valence-electron chi connectivity index (χ0n) is 19.9. The Labute approximate surface area is 201 Å². The molecule has 0 saturated heterocycles. The Hall–Kier alpha value is -2.57. The van der Waals surface area contributed by atoms with E-state index in [1.165, 1.54) is 11.1 Å². The largest absolute Gasteiger partial charge is 0.417 e. The summed E-state index contributed by atoms with van der Waals surface area (Å²) in [5.41, 5.74) is 5.50. The minimum Gasteiger partial charge on any atom is -0.417 e. The summed E-state index contributed by atoms with van der Waals surface area (Å²) in [7, 11) is -3.93. The van der Waals surface area contributed by atoms with Crippen LogP contribution in [0.5, 0.6) is 0 Å². The molecule has 0 aliphatic carbocycles. The lowest BCUT2D eigenvalue weighted by molar-refractivity contribution is 0.371. The maximum Gasteiger partial charge on any atom is 0.325 e. The van der Waals surface area contributed by atoms with Crippen LogP contribution in [-0.4, -0.2) is 32.7 Å². The van der Waals surface area contributed by atoms with Crippen molar-refractivity contribution in [2.24, 2.45) is 0 Å². The fraction of sp³-hybridized carbons (Fsp3) is 0.385. The van der Waals surface area contributed by atoms with Crippen LogP contribution in [-0.2, 0) is 17.5 Å². The molecule has 7 nitrogen and oxygen atoms in total. The predicted octanol–water partition coefficient (Wildman–Crippen LogP) is 5.69. The van der Waals surface area contributed by atoms with Gasteiger partial charge in [-0.05, 0) is 60.6 Å². The quantitative estimate of drug-likeness (QED) is 0.212. The summed E-state index contributed by atoms with van der Waals surface area (Å²) in [5.74, 6) is 1.01. The molecule has 0 unspecified atom stereocenters. The van der Waals surface area contributed by atoms with E-state index < -0.39 is 7.60 Å². The van der Waals surface area contributed by atoms with Gasteiger partial charge in [0.1, 0.15) is 0 Å². The van der Waals surface area contributed by atoms with E-state index in [-0.39, 0.29) is 6.16 Å². The zero-order valence-corrected chi connectivity index (χ0v) is 20.8. The van der Waals surface area contributed by atoms with Crippen LogP contribution in [0.4, 0.5) is 0 Å². The van der Waals surface area contributed by atoms with E-state index in [0.717, 1.165) is 42.4 Å². The normalized spacial score (nSPS) is 12.3. The van der Waals surface area contributed by atoms with Gasteiger partial charge in [-0.15, -0.1) is 10.2 Å². The Balaban J connectivity index is 1.72. The first-order valence-corrected chi connectivity index (χ1v) is 13.7. The number of allylic oxidation sites excluding steroid dienone is 1. The van der Waals surface area contributed by atoms with E-state index >= 15 is 0 Å². The molecule has 1 aromatic heterocycles. The van der Waals surface area contributed by atoms with Gasteiger partial charge in [0, 0.05) is 18.2 Å². The first-order chi connectivity index (χ1) is 16.4. The van der Waals surface area contributed by atoms with Gasteiger partial charge in [-0.1, -0.05) is 62.7 Å². The molecule has 0 aliphatic heterocycles. The minimum absolute atomic E-state index is 0.0997. The van der Waals surface area contributed by atoms with Gasteiger partial charge in [-0.3, -0.25) is 4.57 Å². The molecule has 3 N–H and O–H groups in total. The highest BCUT2D eigenvalue weighted by atomic mass is 31.2. The summed E-state index contributed by atoms with van der Waals surface area (Å²) in [6.45, 7) is 5.45. The van der Waals surface area contributed by atoms with Crippen LogP contribution in [0.25, 0.3) is 23.1 Å². The summed E-state index contributed by atoms with van der Waals surface area (Å²) < 4.78 is 17.0. The van der Waals surface area contributed by atoms with E-state index in [4.69, 9.17) is 14.2 Å². The van der Waals surface area contributed by atoms with Gasteiger partial charge in [0.2, 0.25) is 11.8 Å². The number of hydrogen-bond acceptors (Lipinski definition) is 5. The summed E-state index contributed by atoms with van der Waals surface area (Å²) >= 11 is 0. The Kier molecular flexibility index (Phi) is 9.78. The third kappa shape index (κ3) is 8.03. The van der Waals surface area contributed by atoms with Gasteiger partial charge in [0.15, 0.2) is 0 Å². The van der Waals surface area contributed by atoms with Crippen LogP contribution in [0.1, 0.15) is 62.1 Å². The number of rotatable bonds is 13. The van der Waals surface area contributed by atoms with Crippen LogP contribution >= 0.6 is 7.60 Å². The van der Waals surface area contributed by atoms with Crippen LogP contribution in [0.15, 0.2) is 52.9 Å². The summed E-state index contributed by atoms with van der Waals surface area (Å²) in [6, 6.07) is 16.4. The van der Waals surface area contributed by atoms with E-state index in [1.807, 2.05) is 36.4 Å². The van der Waals surface area contributed by atoms with Crippen molar-refractivity contribution >= 4 is 19.2 Å². The smallest absolute Gasteiger partial charge is 0.325 e. The highest BCUT2D eigenvalue weighted by Crippen LogP contribution is 2.34. The number of unbranched alkanes of at least 4 members (excludes halogenated alkanes) is 1. The molecule has 0 atom stereocenters. The molecular weight excluding hydrogens is 449 g/mol. The van der Waals surface area contributed by atoms with Gasteiger partial charge < -0.3 is 19.5 Å². The van der Waals surface area contributed by atoms with Gasteiger partial charge in [-0.2, -0.15) is 0 Å². The van der Waals surface area contributed by atoms with E-state index in [1.54, 1.807) is 0 Å². The average molecular weight is 484 g/mol. The fourth-order valence-corrected chi connectivity index (χ4v) is 4.34. The molecule has 34 heavy (non-hydrogen) atoms. The number of nitrogens with one attached hydrogen (secondary N) is 1. The molecule has 0 saturated carbocycles. The topological polar surface area (TPSA) is 108 Å². The third-order valence-corrected chi connectivity index (χ3v) is 6.49. The van der Waals surface area contributed by atoms with Crippen LogP contribution in [0.3, 0.4) is 0 Å². The van der Waals surface area contributed by atoms with Gasteiger partial charge >= 0.3 is 7.60 Å². The molecule has 0 amide bonds. The number of aromatic nitrogens is 2. The lowest BCUT2D eigenvalue weighted by Crippen LogP contribution is -2.16. The molecule has 0 aliphatic rings. The summed E-state index contributed by atoms with van der Waals surface area (Å²) in [6.07, 6.45) is 6.31. The molecule has 1 heterocycles. The van der Waals surface area contributed by atoms with E-state index in [9.17, 15) is 4.57 Å². The monoisotopic (exact) mass is 483 g/mol. The van der Waals surface area contributed by atoms with E-state index in [0.29, 0.717) is 31.3 Å². The highest BCUT2D eigenvalue weighted by molar-refractivity contribution is 7.51. The fourth-order valence-electron chi connectivity index (χ4n) is 3.77. The van der Waals surface area contributed by atoms with Crippen molar-refractivity contribution in [2.45, 2.75) is 52.5 Å². The van der Waals surface area contributed by atoms with Crippen LogP contribution in [0, 0.1) is 0 Å². The van der Waals surface area contributed by atoms with Crippen molar-refractivity contribution in [3.63, 3.8) is 0 Å². The number of hydrogen-bond donors (Lipinski definition) is 3. The van der Waals surface area contributed by atoms with Crippen molar-refractivity contribution in [2.75, 3.05) is 12.7 Å². The molecule has 182 valence electrons. The Morgan fingerprint density at radius 1 is 1.09 bits per heavy atom. The molecule has 0 bridgehead atoms. The minimum atomic E-state index is -3.93. The number of nitrogens with zero attached hydrogens (tertiary/aromatic N) is 2. The van der Waals surface area contributed by atoms with E-state index in [2.05, 4.69) is 47.6 Å². The van der Waals surface area contributed by atoms with Crippen molar-refractivity contribution in [1.82, 2.24) is 15.5 Å². The number of aryl methyl sites for hydroxylation is 1. The van der Waals surface area contributed by atoms with Crippen molar-refractivity contribution in [3.8, 4) is 11.5 Å². The molecular formula is C26H34N3O4P. The second-order valence-electron chi connectivity index (χ2n) is 8.35. The molecule has 0 fully saturated rings. The molecule has 8 heteroatoms. The van der Waals surface area contributed by atoms with Gasteiger partial charge in [0.25, 0.3) is 0 Å². The Morgan fingerprint density at radius 2 is 1.88 bits per heavy atom. The zero-order chi connectivity index (χ0) is 24.4. The maximum atomic E-state index is 10.9. The molecule has 0 radical (unpaired) electrons. The average Bonchev–Trinajstić information content (AvgIpc) is 3.29. The standard InChI is InChI=1S/C26H34N3O4P/c1-3-5-10-23(22-11-7-6-8-12-22)18-25-28-29-26(33-25)24-14-13-20(17-21(24)4-2)19-27-15-9-16-34(30,31)32/h6-8,11-14,17-18,27H,3-5,9-10,15-16,19H2,1-2H3,(H2,30,31,32)/b23-18+. The lowest BCUT2D eigenvalue weighted by Gasteiger charge is -2.09. The van der Waals surface area contributed by atoms with Gasteiger partial charge in [-0.25, -0.2) is 0 Å². The highest BCUT2D eigenvalue weighted by Gasteiger charge is 2.14. The van der Waals surface area contributed by atoms with Crippen LogP contribution < -0.4 is 5.32 Å². The van der Waals surface area contributed by atoms with Crippen molar-refractivity contribution in [3.05, 3.63) is 71.1 Å².